The van der Waals surface area contributed by atoms with Crippen LogP contribution in [0.2, 0.25) is 0 Å². The summed E-state index contributed by atoms with van der Waals surface area (Å²) in [7, 11) is -4.83. The summed E-state index contributed by atoms with van der Waals surface area (Å²) < 4.78 is 34.7. The Bertz CT molecular complexity index is 2320. The smallest absolute Gasteiger partial charge is 0.296 e. The van der Waals surface area contributed by atoms with Gasteiger partial charge < -0.3 is 15.5 Å². The highest BCUT2D eigenvalue weighted by Gasteiger charge is 2.22. The third kappa shape index (κ3) is 6.14. The Balaban J connectivity index is 1.33. The molecular weight excluding hydrogens is 602 g/mol. The first-order chi connectivity index (χ1) is 22.0. The van der Waals surface area contributed by atoms with Crippen molar-refractivity contribution in [1.29, 1.82) is 0 Å². The SMILES string of the molecule is Cc1cc(N=Nc2c(S(=O)(=O)O)cc3cc(Nc4ccccc4)ccc3c2O)c(O)cc1N=Nc1cc(C)c2cccc(C)c2c1. The standard InChI is InChI=1S/C35H29N5O5S/c1-20-8-7-11-27-21(2)14-26(18-29(20)27)37-38-30-19-32(41)31(15-22(30)3)39-40-34-33(46(43,44)45)17-23-16-25(12-13-28(23)35(34)42)36-24-9-5-4-6-10-24/h4-19,36,41-42H,1-3H3,(H,43,44,45). The highest BCUT2D eigenvalue weighted by molar-refractivity contribution is 7.86. The van der Waals surface area contributed by atoms with E-state index in [1.165, 1.54) is 18.2 Å². The maximum atomic E-state index is 12.4. The van der Waals surface area contributed by atoms with Gasteiger partial charge in [0, 0.05) is 22.8 Å². The van der Waals surface area contributed by atoms with Gasteiger partial charge in [0.2, 0.25) is 0 Å². The fraction of sp³-hybridized carbons (Fsp3) is 0.0857. The fourth-order valence-electron chi connectivity index (χ4n) is 5.25. The van der Waals surface area contributed by atoms with Crippen LogP contribution < -0.4 is 5.32 Å². The number of nitrogens with one attached hydrogen (secondary N) is 1. The first kappa shape index (κ1) is 30.4. The molecule has 0 saturated carbocycles. The highest BCUT2D eigenvalue weighted by Crippen LogP contribution is 2.43. The van der Waals surface area contributed by atoms with Crippen molar-refractivity contribution in [3.63, 3.8) is 0 Å². The van der Waals surface area contributed by atoms with Crippen molar-refractivity contribution in [2.75, 3.05) is 5.32 Å². The average Bonchev–Trinajstić information content (AvgIpc) is 3.01. The number of hydrogen-bond donors (Lipinski definition) is 4. The second-order valence-electron chi connectivity index (χ2n) is 10.9. The monoisotopic (exact) mass is 631 g/mol. The Morgan fingerprint density at radius 1 is 0.609 bits per heavy atom. The van der Waals surface area contributed by atoms with Crippen LogP contribution in [-0.4, -0.2) is 23.2 Å². The van der Waals surface area contributed by atoms with Crippen molar-refractivity contribution in [1.82, 2.24) is 0 Å². The molecule has 0 aliphatic carbocycles. The molecule has 6 aromatic carbocycles. The van der Waals surface area contributed by atoms with E-state index in [1.54, 1.807) is 25.1 Å². The van der Waals surface area contributed by atoms with E-state index in [2.05, 4.69) is 31.8 Å². The summed E-state index contributed by atoms with van der Waals surface area (Å²) in [6.45, 7) is 5.80. The first-order valence-corrected chi connectivity index (χ1v) is 15.7. The summed E-state index contributed by atoms with van der Waals surface area (Å²) >= 11 is 0. The van der Waals surface area contributed by atoms with E-state index in [0.717, 1.165) is 27.6 Å². The highest BCUT2D eigenvalue weighted by atomic mass is 32.2. The fourth-order valence-corrected chi connectivity index (χ4v) is 5.91. The maximum Gasteiger partial charge on any atom is 0.296 e. The molecule has 0 bridgehead atoms. The van der Waals surface area contributed by atoms with Gasteiger partial charge in [0.15, 0.2) is 5.75 Å². The Kier molecular flexibility index (Phi) is 7.95. The van der Waals surface area contributed by atoms with E-state index in [1.807, 2.05) is 68.4 Å². The number of para-hydroxylation sites is 1. The van der Waals surface area contributed by atoms with Gasteiger partial charge in [0.25, 0.3) is 10.1 Å². The molecule has 0 unspecified atom stereocenters. The number of hydrogen-bond acceptors (Lipinski definition) is 9. The molecule has 0 aliphatic heterocycles. The van der Waals surface area contributed by atoms with E-state index in [9.17, 15) is 23.2 Å². The van der Waals surface area contributed by atoms with Gasteiger partial charge in [0.05, 0.1) is 11.4 Å². The molecular formula is C35H29N5O5S. The van der Waals surface area contributed by atoms with Crippen LogP contribution in [0.3, 0.4) is 0 Å². The number of aromatic hydroxyl groups is 2. The number of aryl methyl sites for hydroxylation is 3. The second kappa shape index (κ2) is 12.0. The van der Waals surface area contributed by atoms with Crippen LogP contribution in [0.4, 0.5) is 34.1 Å². The number of azo groups is 2. The van der Waals surface area contributed by atoms with Crippen molar-refractivity contribution in [3.8, 4) is 11.5 Å². The Morgan fingerprint density at radius 3 is 2.13 bits per heavy atom. The first-order valence-electron chi connectivity index (χ1n) is 14.2. The zero-order valence-electron chi connectivity index (χ0n) is 25.1. The molecule has 10 nitrogen and oxygen atoms in total. The molecule has 0 aromatic heterocycles. The van der Waals surface area contributed by atoms with Crippen LogP contribution in [0.1, 0.15) is 16.7 Å². The second-order valence-corrected chi connectivity index (χ2v) is 12.3. The van der Waals surface area contributed by atoms with Gasteiger partial charge in [-0.2, -0.15) is 18.6 Å². The van der Waals surface area contributed by atoms with Gasteiger partial charge in [-0.25, -0.2) is 0 Å². The molecule has 0 heterocycles. The lowest BCUT2D eigenvalue weighted by Crippen LogP contribution is -1.99. The minimum atomic E-state index is -4.83. The number of rotatable bonds is 7. The van der Waals surface area contributed by atoms with Crippen LogP contribution in [0.15, 0.2) is 122 Å². The van der Waals surface area contributed by atoms with Gasteiger partial charge in [-0.3, -0.25) is 4.55 Å². The summed E-state index contributed by atoms with van der Waals surface area (Å²) in [5.41, 5.74) is 4.83. The molecule has 0 radical (unpaired) electrons. The molecule has 6 rings (SSSR count). The normalized spacial score (nSPS) is 12.1. The van der Waals surface area contributed by atoms with Crippen LogP contribution in [0.5, 0.6) is 11.5 Å². The van der Waals surface area contributed by atoms with E-state index < -0.39 is 26.5 Å². The van der Waals surface area contributed by atoms with E-state index in [-0.39, 0.29) is 16.8 Å². The van der Waals surface area contributed by atoms with Gasteiger partial charge in [0.1, 0.15) is 22.0 Å². The van der Waals surface area contributed by atoms with Gasteiger partial charge >= 0.3 is 0 Å². The molecule has 0 spiro atoms. The van der Waals surface area contributed by atoms with Crippen LogP contribution in [-0.2, 0) is 10.1 Å². The largest absolute Gasteiger partial charge is 0.506 e. The summed E-state index contributed by atoms with van der Waals surface area (Å²) in [6.07, 6.45) is 0. The van der Waals surface area contributed by atoms with Gasteiger partial charge in [-0.15, -0.1) is 10.2 Å². The number of phenols is 2. The lowest BCUT2D eigenvalue weighted by Gasteiger charge is -2.11. The summed E-state index contributed by atoms with van der Waals surface area (Å²) in [6, 6.07) is 28.4. The van der Waals surface area contributed by atoms with Crippen molar-refractivity contribution in [2.24, 2.45) is 20.5 Å². The number of phenolic OH excluding ortho intramolecular Hbond substituents is 2. The topological polar surface area (TPSA) is 156 Å². The third-order valence-corrected chi connectivity index (χ3v) is 8.49. The Hall–Kier alpha value is -5.65. The molecule has 0 amide bonds. The molecule has 46 heavy (non-hydrogen) atoms. The average molecular weight is 632 g/mol. The molecule has 11 heteroatoms. The number of fused-ring (bicyclic) bond motifs is 2. The minimum Gasteiger partial charge on any atom is -0.506 e. The summed E-state index contributed by atoms with van der Waals surface area (Å²) in [4.78, 5) is -0.638. The van der Waals surface area contributed by atoms with E-state index in [0.29, 0.717) is 28.0 Å². The van der Waals surface area contributed by atoms with Crippen molar-refractivity contribution < 1.29 is 23.2 Å². The number of benzene rings is 6. The molecule has 0 fully saturated rings. The van der Waals surface area contributed by atoms with Crippen LogP contribution in [0, 0.1) is 20.8 Å². The summed E-state index contributed by atoms with van der Waals surface area (Å²) in [5.74, 6) is -0.790. The molecule has 4 N–H and O–H groups in total. The zero-order valence-corrected chi connectivity index (χ0v) is 25.9. The quantitative estimate of drug-likeness (QED) is 0.101. The molecule has 6 aromatic rings. The Morgan fingerprint density at radius 2 is 1.37 bits per heavy atom. The third-order valence-electron chi connectivity index (χ3n) is 7.62. The summed E-state index contributed by atoms with van der Waals surface area (Å²) in [5, 5.41) is 44.6. The predicted molar refractivity (Wildman–Crippen MR) is 180 cm³/mol. The van der Waals surface area contributed by atoms with Crippen molar-refractivity contribution in [2.45, 2.75) is 25.7 Å². The van der Waals surface area contributed by atoms with Crippen molar-refractivity contribution in [3.05, 3.63) is 114 Å². The Labute approximate surface area is 265 Å². The zero-order chi connectivity index (χ0) is 32.6. The van der Waals surface area contributed by atoms with E-state index >= 15 is 0 Å². The maximum absolute atomic E-state index is 12.4. The molecule has 0 aliphatic rings. The number of anilines is 2. The molecule has 0 atom stereocenters. The van der Waals surface area contributed by atoms with E-state index in [4.69, 9.17) is 0 Å². The molecule has 230 valence electrons. The lowest BCUT2D eigenvalue weighted by atomic mass is 10.0. The van der Waals surface area contributed by atoms with Crippen molar-refractivity contribution >= 4 is 65.8 Å². The van der Waals surface area contributed by atoms with Crippen LogP contribution in [0.25, 0.3) is 21.5 Å². The lowest BCUT2D eigenvalue weighted by molar-refractivity contribution is 0.471. The van der Waals surface area contributed by atoms with Crippen LogP contribution >= 0.6 is 0 Å². The minimum absolute atomic E-state index is 0.00295. The number of nitrogens with zero attached hydrogens (tertiary/aromatic N) is 4. The van der Waals surface area contributed by atoms with Gasteiger partial charge in [-0.05, 0) is 108 Å². The van der Waals surface area contributed by atoms with Gasteiger partial charge in [-0.1, -0.05) is 36.4 Å². The molecule has 0 saturated heterocycles. The predicted octanol–water partition coefficient (Wildman–Crippen LogP) is 10.2.